The Morgan fingerprint density at radius 1 is 1.42 bits per heavy atom. The molecule has 1 atom stereocenters. The van der Waals surface area contributed by atoms with E-state index in [4.69, 9.17) is 0 Å². The van der Waals surface area contributed by atoms with Crippen LogP contribution in [-0.2, 0) is 0 Å². The Kier molecular flexibility index (Phi) is 3.82. The molecule has 0 spiro atoms. The highest BCUT2D eigenvalue weighted by molar-refractivity contribution is 7.99. The van der Waals surface area contributed by atoms with Crippen LogP contribution in [0, 0.1) is 0 Å². The van der Waals surface area contributed by atoms with Gasteiger partial charge in [-0.05, 0) is 36.8 Å². The van der Waals surface area contributed by atoms with E-state index in [2.05, 4.69) is 22.8 Å². The number of nitrogens with zero attached hydrogens (tertiary/aromatic N) is 1. The molecule has 1 unspecified atom stereocenters. The maximum absolute atomic E-state index is 11.7. The van der Waals surface area contributed by atoms with E-state index in [1.165, 1.54) is 24.3 Å². The van der Waals surface area contributed by atoms with Crippen molar-refractivity contribution in [3.8, 4) is 0 Å². The summed E-state index contributed by atoms with van der Waals surface area (Å²) in [4.78, 5) is 13.5. The first-order valence-electron chi connectivity index (χ1n) is 6.83. The van der Waals surface area contributed by atoms with Crippen LogP contribution in [0.2, 0.25) is 0 Å². The molecule has 3 rings (SSSR count). The molecule has 2 aliphatic rings. The summed E-state index contributed by atoms with van der Waals surface area (Å²) in [6.45, 7) is 1.48. The summed E-state index contributed by atoms with van der Waals surface area (Å²) in [7, 11) is 0. The Morgan fingerprint density at radius 3 is 3.11 bits per heavy atom. The third-order valence-corrected chi connectivity index (χ3v) is 4.76. The minimum absolute atomic E-state index is 0.00497. The van der Waals surface area contributed by atoms with Crippen molar-refractivity contribution in [3.05, 3.63) is 24.3 Å². The second kappa shape index (κ2) is 5.74. The van der Waals surface area contributed by atoms with Gasteiger partial charge < -0.3 is 10.6 Å². The summed E-state index contributed by atoms with van der Waals surface area (Å²) in [5.74, 6) is 2.46. The minimum Gasteiger partial charge on any atom is -0.381 e. The van der Waals surface area contributed by atoms with Gasteiger partial charge in [0.2, 0.25) is 0 Å². The second-order valence-corrected chi connectivity index (χ2v) is 6.14. The summed E-state index contributed by atoms with van der Waals surface area (Å²) < 4.78 is 0. The molecule has 0 radical (unpaired) electrons. The molecule has 19 heavy (non-hydrogen) atoms. The van der Waals surface area contributed by atoms with E-state index in [0.717, 1.165) is 24.5 Å². The molecule has 2 heterocycles. The van der Waals surface area contributed by atoms with E-state index in [1.54, 1.807) is 4.90 Å². The average molecular weight is 277 g/mol. The molecular formula is C14H19N3OS. The fraction of sp³-hybridized carbons (Fsp3) is 0.500. The lowest BCUT2D eigenvalue weighted by atomic mass is 10.1. The number of thioether (sulfide) groups is 1. The Balaban J connectivity index is 1.70. The van der Waals surface area contributed by atoms with Crippen LogP contribution in [0.3, 0.4) is 0 Å². The van der Waals surface area contributed by atoms with E-state index in [0.29, 0.717) is 6.04 Å². The lowest BCUT2D eigenvalue weighted by Crippen LogP contribution is -2.28. The lowest BCUT2D eigenvalue weighted by Gasteiger charge is -2.24. The van der Waals surface area contributed by atoms with Gasteiger partial charge in [0, 0.05) is 36.3 Å². The largest absolute Gasteiger partial charge is 0.381 e. The van der Waals surface area contributed by atoms with Crippen LogP contribution in [0.25, 0.3) is 0 Å². The van der Waals surface area contributed by atoms with Gasteiger partial charge in [-0.15, -0.1) is 0 Å². The highest BCUT2D eigenvalue weighted by atomic mass is 32.2. The van der Waals surface area contributed by atoms with Crippen LogP contribution in [0.4, 0.5) is 16.2 Å². The summed E-state index contributed by atoms with van der Waals surface area (Å²) in [5.41, 5.74) is 2.09. The number of nitrogens with one attached hydrogen (secondary N) is 2. The van der Waals surface area contributed by atoms with Gasteiger partial charge in [0.15, 0.2) is 0 Å². The number of anilines is 2. The molecule has 2 aliphatic heterocycles. The Bertz CT molecular complexity index is 460. The molecule has 1 aromatic rings. The van der Waals surface area contributed by atoms with Crippen molar-refractivity contribution >= 4 is 29.2 Å². The van der Waals surface area contributed by atoms with Gasteiger partial charge in [0.05, 0.1) is 0 Å². The van der Waals surface area contributed by atoms with E-state index < -0.39 is 0 Å². The van der Waals surface area contributed by atoms with Gasteiger partial charge in [-0.1, -0.05) is 6.07 Å². The van der Waals surface area contributed by atoms with Crippen molar-refractivity contribution < 1.29 is 4.79 Å². The molecule has 1 aromatic carbocycles. The van der Waals surface area contributed by atoms with E-state index >= 15 is 0 Å². The highest BCUT2D eigenvalue weighted by Crippen LogP contribution is 2.24. The van der Waals surface area contributed by atoms with Crippen molar-refractivity contribution in [3.63, 3.8) is 0 Å². The average Bonchev–Trinajstić information content (AvgIpc) is 2.86. The SMILES string of the molecule is O=C1NCCN1c1cccc(NC2CCCSC2)c1. The van der Waals surface area contributed by atoms with Crippen molar-refractivity contribution in [1.82, 2.24) is 5.32 Å². The first kappa shape index (κ1) is 12.7. The van der Waals surface area contributed by atoms with Gasteiger partial charge in [0.1, 0.15) is 0 Å². The molecule has 102 valence electrons. The van der Waals surface area contributed by atoms with Crippen molar-refractivity contribution in [2.24, 2.45) is 0 Å². The number of amides is 2. The van der Waals surface area contributed by atoms with Gasteiger partial charge in [0.25, 0.3) is 0 Å². The van der Waals surface area contributed by atoms with Crippen LogP contribution >= 0.6 is 11.8 Å². The van der Waals surface area contributed by atoms with Crippen LogP contribution < -0.4 is 15.5 Å². The predicted molar refractivity (Wildman–Crippen MR) is 81.2 cm³/mol. The van der Waals surface area contributed by atoms with Gasteiger partial charge in [-0.25, -0.2) is 4.79 Å². The number of carbonyl (C=O) groups excluding carboxylic acids is 1. The molecule has 0 bridgehead atoms. The van der Waals surface area contributed by atoms with Gasteiger partial charge >= 0.3 is 6.03 Å². The van der Waals surface area contributed by atoms with E-state index in [-0.39, 0.29) is 6.03 Å². The molecule has 5 heteroatoms. The van der Waals surface area contributed by atoms with Crippen LogP contribution in [0.5, 0.6) is 0 Å². The Morgan fingerprint density at radius 2 is 2.37 bits per heavy atom. The molecule has 0 saturated carbocycles. The minimum atomic E-state index is 0.00497. The topological polar surface area (TPSA) is 44.4 Å². The summed E-state index contributed by atoms with van der Waals surface area (Å²) >= 11 is 2.02. The maximum atomic E-state index is 11.7. The first-order valence-corrected chi connectivity index (χ1v) is 7.98. The monoisotopic (exact) mass is 277 g/mol. The lowest BCUT2D eigenvalue weighted by molar-refractivity contribution is 0.252. The molecule has 0 aliphatic carbocycles. The van der Waals surface area contributed by atoms with Crippen molar-refractivity contribution in [2.45, 2.75) is 18.9 Å². The van der Waals surface area contributed by atoms with Crippen LogP contribution in [-0.4, -0.2) is 36.7 Å². The number of hydrogen-bond acceptors (Lipinski definition) is 3. The number of carbonyl (C=O) groups is 1. The third-order valence-electron chi connectivity index (χ3n) is 3.55. The molecular weight excluding hydrogens is 258 g/mol. The van der Waals surface area contributed by atoms with Crippen LogP contribution in [0.15, 0.2) is 24.3 Å². The number of rotatable bonds is 3. The van der Waals surface area contributed by atoms with Gasteiger partial charge in [-0.2, -0.15) is 11.8 Å². The van der Waals surface area contributed by atoms with Gasteiger partial charge in [-0.3, -0.25) is 4.90 Å². The molecule has 2 N–H and O–H groups in total. The van der Waals surface area contributed by atoms with E-state index in [9.17, 15) is 4.79 Å². The molecule has 0 aromatic heterocycles. The molecule has 2 amide bonds. The van der Waals surface area contributed by atoms with Crippen molar-refractivity contribution in [1.29, 1.82) is 0 Å². The Hall–Kier alpha value is -1.36. The second-order valence-electron chi connectivity index (χ2n) is 4.99. The van der Waals surface area contributed by atoms with Crippen molar-refractivity contribution in [2.75, 3.05) is 34.8 Å². The quantitative estimate of drug-likeness (QED) is 0.892. The highest BCUT2D eigenvalue weighted by Gasteiger charge is 2.21. The summed E-state index contributed by atoms with van der Waals surface area (Å²) in [5, 5.41) is 6.41. The Labute approximate surface area is 117 Å². The zero-order valence-corrected chi connectivity index (χ0v) is 11.7. The standard InChI is InChI=1S/C14H19N3OS/c18-14-15-6-7-17(14)13-5-1-3-11(9-13)16-12-4-2-8-19-10-12/h1,3,5,9,12,16H,2,4,6-8,10H2,(H,15,18). The first-order chi connectivity index (χ1) is 9.33. The van der Waals surface area contributed by atoms with E-state index in [1.807, 2.05) is 23.9 Å². The summed E-state index contributed by atoms with van der Waals surface area (Å²) in [6.07, 6.45) is 2.53. The fourth-order valence-corrected chi connectivity index (χ4v) is 3.64. The normalized spacial score (nSPS) is 23.3. The summed E-state index contributed by atoms with van der Waals surface area (Å²) in [6, 6.07) is 8.72. The third kappa shape index (κ3) is 2.97. The smallest absolute Gasteiger partial charge is 0.321 e. The number of benzene rings is 1. The van der Waals surface area contributed by atoms with Crippen LogP contribution in [0.1, 0.15) is 12.8 Å². The maximum Gasteiger partial charge on any atom is 0.321 e. The molecule has 2 fully saturated rings. The zero-order chi connectivity index (χ0) is 13.1. The fourth-order valence-electron chi connectivity index (χ4n) is 2.57. The number of hydrogen-bond donors (Lipinski definition) is 2. The predicted octanol–water partition coefficient (Wildman–Crippen LogP) is 2.52. The zero-order valence-electron chi connectivity index (χ0n) is 10.9. The molecule has 4 nitrogen and oxygen atoms in total. The molecule has 2 saturated heterocycles. The number of urea groups is 1.